The van der Waals surface area contributed by atoms with Crippen molar-refractivity contribution < 1.29 is 31.1 Å². The smallest absolute Gasteiger partial charge is 0.416 e. The van der Waals surface area contributed by atoms with E-state index in [-0.39, 0.29) is 22.0 Å². The number of nitrogens with zero attached hydrogens (tertiary/aromatic N) is 1. The predicted octanol–water partition coefficient (Wildman–Crippen LogP) is 3.77. The summed E-state index contributed by atoms with van der Waals surface area (Å²) in [5, 5.41) is 0. The van der Waals surface area contributed by atoms with Crippen molar-refractivity contribution in [3.05, 3.63) is 71.6 Å². The molecule has 0 spiro atoms. The highest BCUT2D eigenvalue weighted by atomic mass is 32.2. The highest BCUT2D eigenvalue weighted by Gasteiger charge is 2.30. The molecular formula is C19H18F3NO4S. The van der Waals surface area contributed by atoms with Gasteiger partial charge in [-0.25, -0.2) is 8.42 Å². The number of hydrogen-bond donors (Lipinski definition) is 0. The number of Topliss-reactive ketones (excluding diaryl/α,β-unsaturated/α-hetero) is 1. The molecular weight excluding hydrogens is 395 g/mol. The average Bonchev–Trinajstić information content (AvgIpc) is 2.59. The number of carbonyl (C=O) groups is 1. The van der Waals surface area contributed by atoms with Crippen LogP contribution in [0.25, 0.3) is 0 Å². The van der Waals surface area contributed by atoms with Gasteiger partial charge in [0.15, 0.2) is 15.6 Å². The summed E-state index contributed by atoms with van der Waals surface area (Å²) in [7, 11) is -0.109. The minimum Gasteiger partial charge on any atom is -0.452 e. The van der Waals surface area contributed by atoms with Gasteiger partial charge in [0, 0.05) is 32.1 Å². The first-order chi connectivity index (χ1) is 12.9. The second-order valence-corrected chi connectivity index (χ2v) is 8.22. The van der Waals surface area contributed by atoms with Crippen molar-refractivity contribution in [3.63, 3.8) is 0 Å². The number of allylic oxidation sites excluding steroid dienone is 1. The monoisotopic (exact) mass is 413 g/mol. The third-order valence-electron chi connectivity index (χ3n) is 3.55. The summed E-state index contributed by atoms with van der Waals surface area (Å²) >= 11 is 0. The number of carbonyl (C=O) groups excluding carboxylic acids is 1. The summed E-state index contributed by atoms with van der Waals surface area (Å²) in [5.74, 6) is -0.618. The largest absolute Gasteiger partial charge is 0.452 e. The maximum Gasteiger partial charge on any atom is 0.416 e. The molecule has 0 radical (unpaired) electrons. The molecule has 28 heavy (non-hydrogen) atoms. The molecule has 0 bridgehead atoms. The second kappa shape index (κ2) is 8.05. The third kappa shape index (κ3) is 5.59. The lowest BCUT2D eigenvalue weighted by molar-refractivity contribution is -0.137. The number of ether oxygens (including phenoxy) is 1. The zero-order valence-corrected chi connectivity index (χ0v) is 16.1. The van der Waals surface area contributed by atoms with Crippen molar-refractivity contribution in [3.8, 4) is 5.75 Å². The van der Waals surface area contributed by atoms with E-state index in [2.05, 4.69) is 0 Å². The second-order valence-electron chi connectivity index (χ2n) is 6.21. The minimum absolute atomic E-state index is 0.0576. The normalized spacial score (nSPS) is 12.6. The Bertz CT molecular complexity index is 977. The van der Waals surface area contributed by atoms with Gasteiger partial charge in [0.2, 0.25) is 5.78 Å². The molecule has 2 aromatic carbocycles. The first kappa shape index (κ1) is 21.5. The van der Waals surface area contributed by atoms with Gasteiger partial charge >= 0.3 is 6.18 Å². The number of alkyl halides is 3. The van der Waals surface area contributed by atoms with Crippen LogP contribution in [0.1, 0.15) is 15.9 Å². The molecule has 0 fully saturated rings. The maximum atomic E-state index is 12.7. The Hall–Kier alpha value is -2.81. The number of hydrogen-bond acceptors (Lipinski definition) is 5. The van der Waals surface area contributed by atoms with Gasteiger partial charge in [0.05, 0.1) is 10.5 Å². The Balaban J connectivity index is 2.30. The molecule has 2 aromatic rings. The Labute approximate surface area is 161 Å². The molecule has 0 aliphatic heterocycles. The minimum atomic E-state index is -4.47. The standard InChI is InChI=1S/C19H18F3NO4S/c1-23(2)12-17(27-15-8-6-14(7-9-15)19(20,21)22)18(24)13-4-10-16(11-5-13)28(3,25)26/h4-12H,1-3H3/b17-12-. The van der Waals surface area contributed by atoms with Crippen LogP contribution in [0.2, 0.25) is 0 Å². The first-order valence-corrected chi connectivity index (χ1v) is 9.85. The molecule has 5 nitrogen and oxygen atoms in total. The Kier molecular flexibility index (Phi) is 6.18. The number of rotatable bonds is 6. The van der Waals surface area contributed by atoms with Gasteiger partial charge in [0.1, 0.15) is 5.75 Å². The van der Waals surface area contributed by atoms with E-state index in [0.29, 0.717) is 0 Å². The van der Waals surface area contributed by atoms with Gasteiger partial charge in [-0.3, -0.25) is 4.79 Å². The van der Waals surface area contributed by atoms with Crippen LogP contribution in [0, 0.1) is 0 Å². The Morgan fingerprint density at radius 2 is 1.54 bits per heavy atom. The molecule has 0 saturated carbocycles. The topological polar surface area (TPSA) is 63.7 Å². The van der Waals surface area contributed by atoms with Gasteiger partial charge in [-0.15, -0.1) is 0 Å². The molecule has 0 atom stereocenters. The van der Waals surface area contributed by atoms with Crippen LogP contribution < -0.4 is 4.74 Å². The van der Waals surface area contributed by atoms with Gasteiger partial charge in [-0.1, -0.05) is 0 Å². The summed E-state index contributed by atoms with van der Waals surface area (Å²) in [6, 6.07) is 9.24. The lowest BCUT2D eigenvalue weighted by atomic mass is 10.1. The van der Waals surface area contributed by atoms with E-state index in [4.69, 9.17) is 4.74 Å². The van der Waals surface area contributed by atoms with Crippen LogP contribution in [-0.4, -0.2) is 39.5 Å². The SMILES string of the molecule is CN(C)/C=C(\Oc1ccc(C(F)(F)F)cc1)C(=O)c1ccc(S(C)(=O)=O)cc1. The van der Waals surface area contributed by atoms with Gasteiger partial charge in [0.25, 0.3) is 0 Å². The fourth-order valence-corrected chi connectivity index (χ4v) is 2.83. The lowest BCUT2D eigenvalue weighted by Crippen LogP contribution is -2.15. The first-order valence-electron chi connectivity index (χ1n) is 7.96. The quantitative estimate of drug-likeness (QED) is 0.410. The number of sulfone groups is 1. The molecule has 0 amide bonds. The van der Waals surface area contributed by atoms with Crippen molar-refractivity contribution in [2.24, 2.45) is 0 Å². The molecule has 0 aliphatic carbocycles. The maximum absolute atomic E-state index is 12.7. The summed E-state index contributed by atoms with van der Waals surface area (Å²) in [6.45, 7) is 0. The molecule has 9 heteroatoms. The molecule has 150 valence electrons. The van der Waals surface area contributed by atoms with E-state index in [1.807, 2.05) is 0 Å². The highest BCUT2D eigenvalue weighted by molar-refractivity contribution is 7.90. The average molecular weight is 413 g/mol. The Morgan fingerprint density at radius 3 is 1.96 bits per heavy atom. The van der Waals surface area contributed by atoms with Crippen LogP contribution in [0.15, 0.2) is 65.4 Å². The zero-order valence-electron chi connectivity index (χ0n) is 15.3. The van der Waals surface area contributed by atoms with Gasteiger partial charge in [-0.2, -0.15) is 13.2 Å². The fourth-order valence-electron chi connectivity index (χ4n) is 2.20. The summed E-state index contributed by atoms with van der Waals surface area (Å²) < 4.78 is 66.5. The predicted molar refractivity (Wildman–Crippen MR) is 97.7 cm³/mol. The van der Waals surface area contributed by atoms with Crippen molar-refractivity contribution >= 4 is 15.6 Å². The van der Waals surface area contributed by atoms with Gasteiger partial charge < -0.3 is 9.64 Å². The van der Waals surface area contributed by atoms with Crippen molar-refractivity contribution in [1.82, 2.24) is 4.90 Å². The summed E-state index contributed by atoms with van der Waals surface area (Å²) in [5.41, 5.74) is -0.659. The summed E-state index contributed by atoms with van der Waals surface area (Å²) in [6.07, 6.45) is -2.04. The van der Waals surface area contributed by atoms with Crippen LogP contribution in [0.3, 0.4) is 0 Å². The molecule has 0 saturated heterocycles. The van der Waals surface area contributed by atoms with E-state index >= 15 is 0 Å². The van der Waals surface area contributed by atoms with Crippen LogP contribution in [-0.2, 0) is 16.0 Å². The number of ketones is 1. The van der Waals surface area contributed by atoms with Crippen molar-refractivity contribution in [2.45, 2.75) is 11.1 Å². The van der Waals surface area contributed by atoms with Gasteiger partial charge in [-0.05, 0) is 48.5 Å². The lowest BCUT2D eigenvalue weighted by Gasteiger charge is -2.14. The summed E-state index contributed by atoms with van der Waals surface area (Å²) in [4.78, 5) is 14.3. The van der Waals surface area contributed by atoms with Crippen molar-refractivity contribution in [1.29, 1.82) is 0 Å². The third-order valence-corrected chi connectivity index (χ3v) is 4.68. The highest BCUT2D eigenvalue weighted by Crippen LogP contribution is 2.30. The molecule has 0 aliphatic rings. The molecule has 0 N–H and O–H groups in total. The number of benzene rings is 2. The molecule has 2 rings (SSSR count). The van der Waals surface area contributed by atoms with Crippen LogP contribution >= 0.6 is 0 Å². The van der Waals surface area contributed by atoms with E-state index in [9.17, 15) is 26.4 Å². The molecule has 0 aromatic heterocycles. The molecule has 0 unspecified atom stereocenters. The van der Waals surface area contributed by atoms with E-state index < -0.39 is 27.4 Å². The Morgan fingerprint density at radius 1 is 1.00 bits per heavy atom. The van der Waals surface area contributed by atoms with Crippen LogP contribution in [0.5, 0.6) is 5.75 Å². The van der Waals surface area contributed by atoms with Crippen molar-refractivity contribution in [2.75, 3.05) is 20.4 Å². The fraction of sp³-hybridized carbons (Fsp3) is 0.211. The van der Waals surface area contributed by atoms with E-state index in [0.717, 1.165) is 30.5 Å². The van der Waals surface area contributed by atoms with Crippen LogP contribution in [0.4, 0.5) is 13.2 Å². The van der Waals surface area contributed by atoms with E-state index in [1.54, 1.807) is 19.0 Å². The molecule has 0 heterocycles. The number of halogens is 3. The zero-order chi connectivity index (χ0) is 21.1. The van der Waals surface area contributed by atoms with E-state index in [1.165, 1.54) is 30.5 Å².